The van der Waals surface area contributed by atoms with Crippen LogP contribution < -0.4 is 5.73 Å². The summed E-state index contributed by atoms with van der Waals surface area (Å²) in [6.45, 7) is 2.92. The van der Waals surface area contributed by atoms with Crippen LogP contribution in [0.2, 0.25) is 0 Å². The van der Waals surface area contributed by atoms with Crippen LogP contribution in [0, 0.1) is 0 Å². The van der Waals surface area contributed by atoms with Crippen molar-refractivity contribution in [1.29, 1.82) is 0 Å². The molecule has 0 aliphatic heterocycles. The van der Waals surface area contributed by atoms with E-state index in [-0.39, 0.29) is 0 Å². The maximum Gasteiger partial charge on any atom is 0.0981 e. The molecule has 0 aliphatic carbocycles. The second kappa shape index (κ2) is 5.81. The second-order valence-corrected chi connectivity index (χ2v) is 4.09. The minimum atomic E-state index is 0.717. The Bertz CT molecular complexity index is 304. The van der Waals surface area contributed by atoms with Gasteiger partial charge in [-0.2, -0.15) is 0 Å². The largest absolute Gasteiger partial charge is 0.387 e. The van der Waals surface area contributed by atoms with Gasteiger partial charge in [0.2, 0.25) is 0 Å². The first kappa shape index (κ1) is 11.2. The lowest BCUT2D eigenvalue weighted by Crippen LogP contribution is -2.15. The highest BCUT2D eigenvalue weighted by atomic mass is 79.9. The number of benzene rings is 1. The fourth-order valence-corrected chi connectivity index (χ4v) is 1.39. The van der Waals surface area contributed by atoms with Crippen LogP contribution in [0.15, 0.2) is 33.7 Å². The van der Waals surface area contributed by atoms with E-state index in [0.29, 0.717) is 5.84 Å². The zero-order valence-corrected chi connectivity index (χ0v) is 9.92. The number of aliphatic imine (C=N–C) groups is 1. The molecule has 0 spiro atoms. The SMILES string of the molecule is CCCN=C(N)Cc1ccc(Br)cc1. The zero-order chi connectivity index (χ0) is 10.4. The lowest BCUT2D eigenvalue weighted by Gasteiger charge is -2.01. The predicted molar refractivity (Wildman–Crippen MR) is 64.6 cm³/mol. The summed E-state index contributed by atoms with van der Waals surface area (Å²) in [7, 11) is 0. The Labute approximate surface area is 93.4 Å². The quantitative estimate of drug-likeness (QED) is 0.652. The van der Waals surface area contributed by atoms with Gasteiger partial charge in [0.1, 0.15) is 0 Å². The number of hydrogen-bond donors (Lipinski definition) is 1. The summed E-state index contributed by atoms with van der Waals surface area (Å²) in [6.07, 6.45) is 1.79. The first-order valence-corrected chi connectivity index (χ1v) is 5.55. The van der Waals surface area contributed by atoms with E-state index < -0.39 is 0 Å². The van der Waals surface area contributed by atoms with Gasteiger partial charge in [-0.1, -0.05) is 35.0 Å². The highest BCUT2D eigenvalue weighted by molar-refractivity contribution is 9.10. The summed E-state index contributed by atoms with van der Waals surface area (Å²) in [4.78, 5) is 4.24. The normalized spacial score (nSPS) is 11.7. The lowest BCUT2D eigenvalue weighted by molar-refractivity contribution is 0.924. The third-order valence-electron chi connectivity index (χ3n) is 1.84. The van der Waals surface area contributed by atoms with Gasteiger partial charge in [-0.25, -0.2) is 0 Å². The third kappa shape index (κ3) is 3.92. The molecule has 0 atom stereocenters. The van der Waals surface area contributed by atoms with Crippen molar-refractivity contribution in [3.63, 3.8) is 0 Å². The molecule has 0 unspecified atom stereocenters. The third-order valence-corrected chi connectivity index (χ3v) is 2.37. The molecule has 0 aliphatic rings. The van der Waals surface area contributed by atoms with Crippen molar-refractivity contribution in [3.8, 4) is 0 Å². The molecule has 0 bridgehead atoms. The molecule has 1 rings (SSSR count). The van der Waals surface area contributed by atoms with Crippen molar-refractivity contribution >= 4 is 21.8 Å². The van der Waals surface area contributed by atoms with Gasteiger partial charge < -0.3 is 5.73 Å². The van der Waals surface area contributed by atoms with Gasteiger partial charge in [-0.05, 0) is 24.1 Å². The molecule has 2 N–H and O–H groups in total. The van der Waals surface area contributed by atoms with E-state index in [0.717, 1.165) is 23.9 Å². The van der Waals surface area contributed by atoms with E-state index in [1.807, 2.05) is 12.1 Å². The number of nitrogens with zero attached hydrogens (tertiary/aromatic N) is 1. The van der Waals surface area contributed by atoms with Crippen molar-refractivity contribution in [3.05, 3.63) is 34.3 Å². The van der Waals surface area contributed by atoms with Crippen molar-refractivity contribution < 1.29 is 0 Å². The number of amidine groups is 1. The van der Waals surface area contributed by atoms with Gasteiger partial charge >= 0.3 is 0 Å². The Morgan fingerprint density at radius 1 is 1.36 bits per heavy atom. The summed E-state index contributed by atoms with van der Waals surface area (Å²) >= 11 is 3.39. The monoisotopic (exact) mass is 254 g/mol. The number of halogens is 1. The maximum absolute atomic E-state index is 5.77. The summed E-state index contributed by atoms with van der Waals surface area (Å²) in [6, 6.07) is 8.14. The van der Waals surface area contributed by atoms with E-state index in [4.69, 9.17) is 5.73 Å². The highest BCUT2D eigenvalue weighted by Crippen LogP contribution is 2.10. The van der Waals surface area contributed by atoms with Crippen LogP contribution in [-0.4, -0.2) is 12.4 Å². The molecule has 0 fully saturated rings. The molecule has 3 heteroatoms. The minimum absolute atomic E-state index is 0.717. The molecule has 76 valence electrons. The van der Waals surface area contributed by atoms with E-state index >= 15 is 0 Å². The average molecular weight is 255 g/mol. The van der Waals surface area contributed by atoms with Crippen molar-refractivity contribution in [2.24, 2.45) is 10.7 Å². The number of nitrogens with two attached hydrogens (primary N) is 1. The smallest absolute Gasteiger partial charge is 0.0981 e. The van der Waals surface area contributed by atoms with E-state index in [1.54, 1.807) is 0 Å². The Balaban J connectivity index is 2.56. The van der Waals surface area contributed by atoms with Crippen LogP contribution in [0.4, 0.5) is 0 Å². The van der Waals surface area contributed by atoms with Crippen molar-refractivity contribution in [1.82, 2.24) is 0 Å². The molecule has 0 heterocycles. The number of rotatable bonds is 4. The summed E-state index contributed by atoms with van der Waals surface area (Å²) in [5, 5.41) is 0. The van der Waals surface area contributed by atoms with Gasteiger partial charge in [0.15, 0.2) is 0 Å². The first-order chi connectivity index (χ1) is 6.72. The summed E-state index contributed by atoms with van der Waals surface area (Å²) in [5.74, 6) is 0.717. The van der Waals surface area contributed by atoms with Crippen LogP contribution in [0.5, 0.6) is 0 Å². The Hall–Kier alpha value is -0.830. The van der Waals surface area contributed by atoms with Crippen LogP contribution in [0.1, 0.15) is 18.9 Å². The van der Waals surface area contributed by atoms with Gasteiger partial charge in [-0.15, -0.1) is 0 Å². The van der Waals surface area contributed by atoms with E-state index in [2.05, 4.69) is 40.0 Å². The fourth-order valence-electron chi connectivity index (χ4n) is 1.12. The van der Waals surface area contributed by atoms with Crippen LogP contribution >= 0.6 is 15.9 Å². The summed E-state index contributed by atoms with van der Waals surface area (Å²) in [5.41, 5.74) is 6.97. The van der Waals surface area contributed by atoms with Gasteiger partial charge in [-0.3, -0.25) is 4.99 Å². The molecule has 0 saturated heterocycles. The molecule has 2 nitrogen and oxygen atoms in total. The molecular formula is C11H15BrN2. The molecule has 0 saturated carbocycles. The van der Waals surface area contributed by atoms with Crippen LogP contribution in [-0.2, 0) is 6.42 Å². The fraction of sp³-hybridized carbons (Fsp3) is 0.364. The van der Waals surface area contributed by atoms with Crippen molar-refractivity contribution in [2.75, 3.05) is 6.54 Å². The molecular weight excluding hydrogens is 240 g/mol. The van der Waals surface area contributed by atoms with Crippen LogP contribution in [0.25, 0.3) is 0 Å². The highest BCUT2D eigenvalue weighted by Gasteiger charge is 1.96. The number of hydrogen-bond acceptors (Lipinski definition) is 1. The standard InChI is InChI=1S/C11H15BrN2/c1-2-7-14-11(13)8-9-3-5-10(12)6-4-9/h3-6H,2,7-8H2,1H3,(H2,13,14). The molecule has 0 amide bonds. The lowest BCUT2D eigenvalue weighted by atomic mass is 10.1. The zero-order valence-electron chi connectivity index (χ0n) is 8.33. The Morgan fingerprint density at radius 3 is 2.57 bits per heavy atom. The van der Waals surface area contributed by atoms with E-state index in [9.17, 15) is 0 Å². The Morgan fingerprint density at radius 2 is 2.00 bits per heavy atom. The first-order valence-electron chi connectivity index (χ1n) is 4.75. The van der Waals surface area contributed by atoms with Crippen molar-refractivity contribution in [2.45, 2.75) is 19.8 Å². The van der Waals surface area contributed by atoms with E-state index in [1.165, 1.54) is 5.56 Å². The molecule has 14 heavy (non-hydrogen) atoms. The molecule has 0 radical (unpaired) electrons. The van der Waals surface area contributed by atoms with Gasteiger partial charge in [0, 0.05) is 17.4 Å². The predicted octanol–water partition coefficient (Wildman–Crippen LogP) is 2.76. The molecule has 1 aromatic carbocycles. The minimum Gasteiger partial charge on any atom is -0.387 e. The maximum atomic E-state index is 5.77. The second-order valence-electron chi connectivity index (χ2n) is 3.18. The molecule has 0 aromatic heterocycles. The topological polar surface area (TPSA) is 38.4 Å². The van der Waals surface area contributed by atoms with Gasteiger partial charge in [0.05, 0.1) is 5.84 Å². The average Bonchev–Trinajstić information content (AvgIpc) is 2.18. The Kier molecular flexibility index (Phi) is 4.66. The molecule has 1 aromatic rings. The summed E-state index contributed by atoms with van der Waals surface area (Å²) < 4.78 is 1.09. The van der Waals surface area contributed by atoms with Crippen LogP contribution in [0.3, 0.4) is 0 Å². The van der Waals surface area contributed by atoms with Gasteiger partial charge in [0.25, 0.3) is 0 Å².